The van der Waals surface area contributed by atoms with Gasteiger partial charge in [0, 0.05) is 4.90 Å². The van der Waals surface area contributed by atoms with Crippen LogP contribution in [-0.4, -0.2) is 30.4 Å². The van der Waals surface area contributed by atoms with Crippen LogP contribution in [0.15, 0.2) is 17.0 Å². The summed E-state index contributed by atoms with van der Waals surface area (Å²) in [4.78, 5) is 23.6. The number of aryl methyl sites for hydroxylation is 3. The second-order valence-corrected chi connectivity index (χ2v) is 5.85. The Bertz CT molecular complexity index is 551. The van der Waals surface area contributed by atoms with Crippen LogP contribution in [0.3, 0.4) is 0 Å². The molecule has 0 heterocycles. The number of rotatable bonds is 4. The van der Waals surface area contributed by atoms with Gasteiger partial charge in [-0.25, -0.2) is 4.79 Å². The lowest BCUT2D eigenvalue weighted by Crippen LogP contribution is -2.43. The maximum Gasteiger partial charge on any atom is 0.405 e. The summed E-state index contributed by atoms with van der Waals surface area (Å²) in [6, 6.07) is 2.80. The smallest absolute Gasteiger partial charge is 0.329 e. The van der Waals surface area contributed by atoms with E-state index in [4.69, 9.17) is 0 Å². The fourth-order valence-corrected chi connectivity index (χ4v) is 2.84. The summed E-state index contributed by atoms with van der Waals surface area (Å²) >= 11 is 1.24. The topological polar surface area (TPSA) is 58.2 Å². The van der Waals surface area contributed by atoms with Crippen molar-refractivity contribution in [1.29, 1.82) is 0 Å². The van der Waals surface area contributed by atoms with Gasteiger partial charge in [-0.05, 0) is 31.9 Å². The summed E-state index contributed by atoms with van der Waals surface area (Å²) in [5.41, 5.74) is 3.13. The summed E-state index contributed by atoms with van der Waals surface area (Å²) in [5, 5.41) is 3.44. The molecule has 0 atom stereocenters. The second-order valence-electron chi connectivity index (χ2n) is 4.86. The van der Waals surface area contributed by atoms with Gasteiger partial charge < -0.3 is 5.32 Å². The van der Waals surface area contributed by atoms with Gasteiger partial charge in [-0.15, -0.1) is 11.8 Å². The van der Waals surface area contributed by atoms with Gasteiger partial charge in [-0.3, -0.25) is 10.1 Å². The number of nitrogens with one attached hydrogen (secondary N) is 2. The number of thioether (sulfide) groups is 1. The maximum absolute atomic E-state index is 11.9. The lowest BCUT2D eigenvalue weighted by Gasteiger charge is -2.11. The van der Waals surface area contributed by atoms with Crippen LogP contribution in [0.1, 0.15) is 16.7 Å². The average Bonchev–Trinajstić information content (AvgIpc) is 2.34. The molecule has 2 N–H and O–H groups in total. The Morgan fingerprint density at radius 2 is 1.68 bits per heavy atom. The normalized spacial score (nSPS) is 11.2. The van der Waals surface area contributed by atoms with E-state index in [1.807, 2.05) is 38.2 Å². The molecule has 1 aromatic rings. The molecule has 0 unspecified atom stereocenters. The lowest BCUT2D eigenvalue weighted by molar-refractivity contribution is -0.124. The standard InChI is InChI=1S/C14H17F3N2O2S/c1-8-4-9(2)12(10(3)5-8)22-6-11(20)19-13(21)18-7-14(15,16)17/h4-5H,6-7H2,1-3H3,(H2,18,19,20,21). The van der Waals surface area contributed by atoms with E-state index < -0.39 is 24.7 Å². The number of carbonyl (C=O) groups excluding carboxylic acids is 2. The fraction of sp³-hybridized carbons (Fsp3) is 0.429. The summed E-state index contributed by atoms with van der Waals surface area (Å²) in [6.45, 7) is 4.31. The third kappa shape index (κ3) is 6.38. The molecule has 0 aliphatic carbocycles. The summed E-state index contributed by atoms with van der Waals surface area (Å²) in [7, 11) is 0. The van der Waals surface area contributed by atoms with E-state index in [0.29, 0.717) is 0 Å². The minimum Gasteiger partial charge on any atom is -0.329 e. The number of alkyl halides is 3. The SMILES string of the molecule is Cc1cc(C)c(SCC(=O)NC(=O)NCC(F)(F)F)c(C)c1. The van der Waals surface area contributed by atoms with Gasteiger partial charge in [0.05, 0.1) is 5.75 Å². The Balaban J connectivity index is 2.49. The van der Waals surface area contributed by atoms with Crippen molar-refractivity contribution in [3.05, 3.63) is 28.8 Å². The Kier molecular flexibility index (Phi) is 6.28. The van der Waals surface area contributed by atoms with Crippen LogP contribution in [-0.2, 0) is 4.79 Å². The zero-order valence-electron chi connectivity index (χ0n) is 12.4. The Labute approximate surface area is 130 Å². The van der Waals surface area contributed by atoms with Crippen LogP contribution in [0, 0.1) is 20.8 Å². The van der Waals surface area contributed by atoms with E-state index in [0.717, 1.165) is 21.6 Å². The highest BCUT2D eigenvalue weighted by Crippen LogP contribution is 2.27. The van der Waals surface area contributed by atoms with Crippen molar-refractivity contribution in [2.45, 2.75) is 31.8 Å². The Morgan fingerprint density at radius 3 is 2.18 bits per heavy atom. The fourth-order valence-electron chi connectivity index (χ4n) is 1.92. The summed E-state index contributed by atoms with van der Waals surface area (Å²) in [5.74, 6) is -0.700. The largest absolute Gasteiger partial charge is 0.405 e. The molecule has 0 fully saturated rings. The molecule has 0 bridgehead atoms. The number of hydrogen-bond donors (Lipinski definition) is 2. The van der Waals surface area contributed by atoms with Crippen LogP contribution < -0.4 is 10.6 Å². The van der Waals surface area contributed by atoms with E-state index in [1.165, 1.54) is 11.8 Å². The number of carbonyl (C=O) groups is 2. The number of amides is 3. The average molecular weight is 334 g/mol. The third-order valence-electron chi connectivity index (χ3n) is 2.65. The van der Waals surface area contributed by atoms with E-state index in [2.05, 4.69) is 0 Å². The molecule has 8 heteroatoms. The first-order chi connectivity index (χ1) is 10.1. The predicted molar refractivity (Wildman–Crippen MR) is 79.0 cm³/mol. The lowest BCUT2D eigenvalue weighted by atomic mass is 10.1. The number of imide groups is 1. The molecule has 4 nitrogen and oxygen atoms in total. The molecule has 1 rings (SSSR count). The molecular formula is C14H17F3N2O2S. The highest BCUT2D eigenvalue weighted by atomic mass is 32.2. The molecule has 0 saturated heterocycles. The van der Waals surface area contributed by atoms with Gasteiger partial charge in [-0.2, -0.15) is 13.2 Å². The summed E-state index contributed by atoms with van der Waals surface area (Å²) < 4.78 is 35.7. The second kappa shape index (κ2) is 7.53. The zero-order valence-corrected chi connectivity index (χ0v) is 13.2. The minimum atomic E-state index is -4.51. The number of benzene rings is 1. The minimum absolute atomic E-state index is 0.0514. The van der Waals surface area contributed by atoms with Crippen molar-refractivity contribution in [3.63, 3.8) is 0 Å². The molecule has 0 saturated carbocycles. The third-order valence-corrected chi connectivity index (χ3v) is 3.99. The highest BCUT2D eigenvalue weighted by molar-refractivity contribution is 8.00. The predicted octanol–water partition coefficient (Wildman–Crippen LogP) is 3.09. The molecule has 22 heavy (non-hydrogen) atoms. The monoisotopic (exact) mass is 334 g/mol. The van der Waals surface area contributed by atoms with Crippen molar-refractivity contribution >= 4 is 23.7 Å². The van der Waals surface area contributed by atoms with Gasteiger partial charge in [0.15, 0.2) is 0 Å². The van der Waals surface area contributed by atoms with Crippen molar-refractivity contribution in [1.82, 2.24) is 10.6 Å². The zero-order chi connectivity index (χ0) is 16.9. The first-order valence-electron chi connectivity index (χ1n) is 6.43. The van der Waals surface area contributed by atoms with Crippen LogP contribution in [0.4, 0.5) is 18.0 Å². The molecule has 0 aliphatic heterocycles. The number of halogens is 3. The van der Waals surface area contributed by atoms with E-state index >= 15 is 0 Å². The van der Waals surface area contributed by atoms with Crippen LogP contribution in [0.2, 0.25) is 0 Å². The molecular weight excluding hydrogens is 317 g/mol. The first-order valence-corrected chi connectivity index (χ1v) is 7.42. The molecule has 3 amide bonds. The van der Waals surface area contributed by atoms with Crippen molar-refractivity contribution in [2.24, 2.45) is 0 Å². The van der Waals surface area contributed by atoms with E-state index in [9.17, 15) is 22.8 Å². The molecule has 0 aliphatic rings. The van der Waals surface area contributed by atoms with Crippen LogP contribution >= 0.6 is 11.8 Å². The Morgan fingerprint density at radius 1 is 1.14 bits per heavy atom. The molecule has 0 spiro atoms. The number of hydrogen-bond acceptors (Lipinski definition) is 3. The van der Waals surface area contributed by atoms with E-state index in [1.54, 1.807) is 5.32 Å². The summed E-state index contributed by atoms with van der Waals surface area (Å²) in [6.07, 6.45) is -4.51. The highest BCUT2D eigenvalue weighted by Gasteiger charge is 2.27. The van der Waals surface area contributed by atoms with Gasteiger partial charge >= 0.3 is 12.2 Å². The number of urea groups is 1. The molecule has 0 radical (unpaired) electrons. The molecule has 1 aromatic carbocycles. The Hall–Kier alpha value is -1.70. The van der Waals surface area contributed by atoms with Crippen LogP contribution in [0.25, 0.3) is 0 Å². The van der Waals surface area contributed by atoms with Gasteiger partial charge in [0.25, 0.3) is 0 Å². The van der Waals surface area contributed by atoms with Crippen molar-refractivity contribution < 1.29 is 22.8 Å². The van der Waals surface area contributed by atoms with Gasteiger partial charge in [0.1, 0.15) is 6.54 Å². The van der Waals surface area contributed by atoms with E-state index in [-0.39, 0.29) is 5.75 Å². The first kappa shape index (κ1) is 18.3. The quantitative estimate of drug-likeness (QED) is 0.832. The van der Waals surface area contributed by atoms with Crippen molar-refractivity contribution in [3.8, 4) is 0 Å². The van der Waals surface area contributed by atoms with Gasteiger partial charge in [0.2, 0.25) is 5.91 Å². The maximum atomic E-state index is 11.9. The van der Waals surface area contributed by atoms with Gasteiger partial charge in [-0.1, -0.05) is 17.7 Å². The molecule has 0 aromatic heterocycles. The molecule has 122 valence electrons. The van der Waals surface area contributed by atoms with Crippen molar-refractivity contribution in [2.75, 3.05) is 12.3 Å². The van der Waals surface area contributed by atoms with Crippen LogP contribution in [0.5, 0.6) is 0 Å².